The molecule has 0 bridgehead atoms. The first-order chi connectivity index (χ1) is 8.24. The van der Waals surface area contributed by atoms with Gasteiger partial charge in [-0.2, -0.15) is 0 Å². The second-order valence-electron chi connectivity index (χ2n) is 3.88. The van der Waals surface area contributed by atoms with Crippen molar-refractivity contribution in [1.82, 2.24) is 5.32 Å². The van der Waals surface area contributed by atoms with Crippen molar-refractivity contribution in [3.05, 3.63) is 35.4 Å². The Morgan fingerprint density at radius 1 is 1.29 bits per heavy atom. The van der Waals surface area contributed by atoms with E-state index in [-0.39, 0.29) is 5.56 Å². The smallest absolute Gasteiger partial charge is 0.263 e. The molecule has 0 heterocycles. The number of hydrogen-bond donors (Lipinski definition) is 1. The van der Waals surface area contributed by atoms with E-state index >= 15 is 0 Å². The Morgan fingerprint density at radius 2 is 2.12 bits per heavy atom. The summed E-state index contributed by atoms with van der Waals surface area (Å²) in [6, 6.07) is 6.50. The lowest BCUT2D eigenvalue weighted by Crippen LogP contribution is -2.14. The predicted octanol–water partition coefficient (Wildman–Crippen LogP) is 3.52. The molecule has 0 aliphatic carbocycles. The van der Waals surface area contributed by atoms with Gasteiger partial charge in [-0.25, -0.2) is 8.78 Å². The largest absolute Gasteiger partial charge is 0.313 e. The van der Waals surface area contributed by atoms with Crippen LogP contribution < -0.4 is 5.32 Å². The van der Waals surface area contributed by atoms with Crippen LogP contribution in [-0.4, -0.2) is 6.54 Å². The molecule has 17 heavy (non-hydrogen) atoms. The summed E-state index contributed by atoms with van der Waals surface area (Å²) < 4.78 is 24.9. The fourth-order valence-electron chi connectivity index (χ4n) is 1.55. The molecule has 1 rings (SSSR count). The standard InChI is InChI=1S/C14H17F2N/c1-2-3-4-5-9-17-11-12-7-6-8-13(10-12)14(15)16/h1,6-8,10,14,17H,3-5,9,11H2. The highest BCUT2D eigenvalue weighted by atomic mass is 19.3. The van der Waals surface area contributed by atoms with Gasteiger partial charge in [0.15, 0.2) is 0 Å². The highest BCUT2D eigenvalue weighted by Gasteiger charge is 2.06. The van der Waals surface area contributed by atoms with Crippen molar-refractivity contribution in [3.8, 4) is 12.3 Å². The summed E-state index contributed by atoms with van der Waals surface area (Å²) in [4.78, 5) is 0. The first-order valence-electron chi connectivity index (χ1n) is 5.75. The van der Waals surface area contributed by atoms with E-state index in [2.05, 4.69) is 11.2 Å². The van der Waals surface area contributed by atoms with E-state index in [1.165, 1.54) is 6.07 Å². The summed E-state index contributed by atoms with van der Waals surface area (Å²) >= 11 is 0. The molecule has 92 valence electrons. The second kappa shape index (κ2) is 7.81. The van der Waals surface area contributed by atoms with E-state index in [1.54, 1.807) is 12.1 Å². The van der Waals surface area contributed by atoms with Crippen LogP contribution in [0.5, 0.6) is 0 Å². The molecular formula is C14H17F2N. The number of unbranched alkanes of at least 4 members (excludes halogenated alkanes) is 2. The summed E-state index contributed by atoms with van der Waals surface area (Å²) in [6.45, 7) is 1.48. The zero-order chi connectivity index (χ0) is 12.5. The molecule has 1 N–H and O–H groups in total. The molecule has 1 aromatic rings. The number of halogens is 2. The van der Waals surface area contributed by atoms with Crippen molar-refractivity contribution in [1.29, 1.82) is 0 Å². The molecule has 0 fully saturated rings. The summed E-state index contributed by atoms with van der Waals surface area (Å²) in [6.07, 6.45) is 5.55. The van der Waals surface area contributed by atoms with Crippen LogP contribution in [0.25, 0.3) is 0 Å². The molecule has 1 aromatic carbocycles. The first kappa shape index (κ1) is 13.7. The van der Waals surface area contributed by atoms with Crippen LogP contribution in [-0.2, 0) is 6.54 Å². The van der Waals surface area contributed by atoms with Gasteiger partial charge in [-0.15, -0.1) is 12.3 Å². The molecule has 0 amide bonds. The molecule has 0 radical (unpaired) electrons. The average Bonchev–Trinajstić information content (AvgIpc) is 2.34. The lowest BCUT2D eigenvalue weighted by atomic mass is 10.1. The van der Waals surface area contributed by atoms with Gasteiger partial charge in [0.25, 0.3) is 6.43 Å². The van der Waals surface area contributed by atoms with Gasteiger partial charge in [0.05, 0.1) is 0 Å². The Kier molecular flexibility index (Phi) is 6.27. The van der Waals surface area contributed by atoms with Gasteiger partial charge in [0.1, 0.15) is 0 Å². The quantitative estimate of drug-likeness (QED) is 0.565. The Balaban J connectivity index is 2.27. The monoisotopic (exact) mass is 237 g/mol. The molecule has 0 spiro atoms. The second-order valence-corrected chi connectivity index (χ2v) is 3.88. The van der Waals surface area contributed by atoms with Crippen molar-refractivity contribution in [2.75, 3.05) is 6.54 Å². The molecule has 0 aromatic heterocycles. The maximum atomic E-state index is 12.4. The van der Waals surface area contributed by atoms with Crippen molar-refractivity contribution in [2.24, 2.45) is 0 Å². The Labute approximate surface area is 101 Å². The van der Waals surface area contributed by atoms with Gasteiger partial charge < -0.3 is 5.32 Å². The van der Waals surface area contributed by atoms with E-state index < -0.39 is 6.43 Å². The van der Waals surface area contributed by atoms with Crippen LogP contribution in [0.4, 0.5) is 8.78 Å². The van der Waals surface area contributed by atoms with Gasteiger partial charge in [-0.05, 0) is 31.0 Å². The molecule has 0 unspecified atom stereocenters. The van der Waals surface area contributed by atoms with E-state index in [0.29, 0.717) is 6.54 Å². The number of hydrogen-bond acceptors (Lipinski definition) is 1. The molecule has 3 heteroatoms. The Morgan fingerprint density at radius 3 is 2.82 bits per heavy atom. The number of alkyl halides is 2. The predicted molar refractivity (Wildman–Crippen MR) is 65.8 cm³/mol. The zero-order valence-electron chi connectivity index (χ0n) is 9.76. The van der Waals surface area contributed by atoms with Gasteiger partial charge in [-0.1, -0.05) is 18.2 Å². The minimum atomic E-state index is -2.40. The van der Waals surface area contributed by atoms with E-state index in [1.807, 2.05) is 6.07 Å². The number of nitrogens with one attached hydrogen (secondary N) is 1. The van der Waals surface area contributed by atoms with Crippen LogP contribution in [0.3, 0.4) is 0 Å². The van der Waals surface area contributed by atoms with Crippen LogP contribution in [0.15, 0.2) is 24.3 Å². The van der Waals surface area contributed by atoms with Crippen LogP contribution in [0.1, 0.15) is 36.8 Å². The van der Waals surface area contributed by atoms with Crippen molar-refractivity contribution < 1.29 is 8.78 Å². The lowest BCUT2D eigenvalue weighted by molar-refractivity contribution is 0.151. The highest BCUT2D eigenvalue weighted by Crippen LogP contribution is 2.19. The van der Waals surface area contributed by atoms with Gasteiger partial charge in [0.2, 0.25) is 0 Å². The molecular weight excluding hydrogens is 220 g/mol. The third-order valence-electron chi connectivity index (χ3n) is 2.46. The number of rotatable bonds is 7. The van der Waals surface area contributed by atoms with Gasteiger partial charge in [0, 0.05) is 18.5 Å². The number of terminal acetylenes is 1. The third-order valence-corrected chi connectivity index (χ3v) is 2.46. The van der Waals surface area contributed by atoms with Crippen molar-refractivity contribution >= 4 is 0 Å². The van der Waals surface area contributed by atoms with Crippen molar-refractivity contribution in [2.45, 2.75) is 32.2 Å². The fourth-order valence-corrected chi connectivity index (χ4v) is 1.55. The molecule has 0 saturated heterocycles. The maximum Gasteiger partial charge on any atom is 0.263 e. The first-order valence-corrected chi connectivity index (χ1v) is 5.75. The molecule has 1 nitrogen and oxygen atoms in total. The topological polar surface area (TPSA) is 12.0 Å². The van der Waals surface area contributed by atoms with E-state index in [9.17, 15) is 8.78 Å². The summed E-state index contributed by atoms with van der Waals surface area (Å²) in [7, 11) is 0. The lowest BCUT2D eigenvalue weighted by Gasteiger charge is -2.06. The molecule has 0 aliphatic rings. The third kappa shape index (κ3) is 5.46. The zero-order valence-corrected chi connectivity index (χ0v) is 9.76. The SMILES string of the molecule is C#CCCCCNCc1cccc(C(F)F)c1. The summed E-state index contributed by atoms with van der Waals surface area (Å²) in [5.74, 6) is 2.59. The average molecular weight is 237 g/mol. The summed E-state index contributed by atoms with van der Waals surface area (Å²) in [5, 5.41) is 3.21. The van der Waals surface area contributed by atoms with Gasteiger partial charge in [-0.3, -0.25) is 0 Å². The van der Waals surface area contributed by atoms with E-state index in [4.69, 9.17) is 6.42 Å². The van der Waals surface area contributed by atoms with Gasteiger partial charge >= 0.3 is 0 Å². The fraction of sp³-hybridized carbons (Fsp3) is 0.429. The Bertz CT molecular complexity index is 369. The van der Waals surface area contributed by atoms with Crippen LogP contribution >= 0.6 is 0 Å². The number of benzene rings is 1. The highest BCUT2D eigenvalue weighted by molar-refractivity contribution is 5.24. The van der Waals surface area contributed by atoms with E-state index in [0.717, 1.165) is 31.4 Å². The minimum absolute atomic E-state index is 0.0802. The Hall–Kier alpha value is -1.40. The van der Waals surface area contributed by atoms with Crippen molar-refractivity contribution in [3.63, 3.8) is 0 Å². The minimum Gasteiger partial charge on any atom is -0.313 e. The molecule has 0 saturated carbocycles. The van der Waals surface area contributed by atoms with Crippen LogP contribution in [0.2, 0.25) is 0 Å². The molecule has 0 aliphatic heterocycles. The normalized spacial score (nSPS) is 10.5. The maximum absolute atomic E-state index is 12.4. The summed E-state index contributed by atoms with van der Waals surface area (Å²) in [5.41, 5.74) is 0.969. The van der Waals surface area contributed by atoms with Crippen LogP contribution in [0, 0.1) is 12.3 Å². The molecule has 0 atom stereocenters.